The molecule has 0 saturated carbocycles. The van der Waals surface area contributed by atoms with Gasteiger partial charge in [0.2, 0.25) is 0 Å². The average Bonchev–Trinajstić information content (AvgIpc) is 2.57. The van der Waals surface area contributed by atoms with Gasteiger partial charge in [-0.3, -0.25) is 4.79 Å². The molecule has 0 spiro atoms. The highest BCUT2D eigenvalue weighted by Gasteiger charge is 2.36. The van der Waals surface area contributed by atoms with Gasteiger partial charge in [0.05, 0.1) is 4.08 Å². The second-order valence-electron chi connectivity index (χ2n) is 5.59. The summed E-state index contributed by atoms with van der Waals surface area (Å²) in [4.78, 5) is 12.7. The Kier molecular flexibility index (Phi) is 5.27. The maximum atomic E-state index is 12.7. The minimum absolute atomic E-state index is 0.00741. The van der Waals surface area contributed by atoms with E-state index in [1.807, 2.05) is 59.9 Å². The Bertz CT molecular complexity index is 604. The number of carbonyl (C=O) groups is 1. The molecule has 22 heavy (non-hydrogen) atoms. The van der Waals surface area contributed by atoms with Crippen LogP contribution in [0, 0.1) is 0 Å². The molecule has 0 N–H and O–H groups in total. The van der Waals surface area contributed by atoms with E-state index >= 15 is 0 Å². The van der Waals surface area contributed by atoms with Crippen LogP contribution in [0.4, 0.5) is 0 Å². The molecule has 0 amide bonds. The summed E-state index contributed by atoms with van der Waals surface area (Å²) in [5, 5.41) is 0. The van der Waals surface area contributed by atoms with Gasteiger partial charge >= 0.3 is 0 Å². The Hall–Kier alpha value is -1.19. The standard InChI is InChI=1S/C19H20OS2/c20-18(17-10-5-2-6-11-17)15-19(21-12-7-13-22-19)14-16-8-3-1-4-9-16/h1-6,8-11H,7,12-15H2. The maximum absolute atomic E-state index is 12.7. The molecule has 3 rings (SSSR count). The molecule has 1 heterocycles. The van der Waals surface area contributed by atoms with E-state index < -0.39 is 0 Å². The monoisotopic (exact) mass is 328 g/mol. The molecule has 0 bridgehead atoms. The first-order chi connectivity index (χ1) is 10.8. The van der Waals surface area contributed by atoms with Crippen LogP contribution in [0.2, 0.25) is 0 Å². The maximum Gasteiger partial charge on any atom is 0.165 e. The fraction of sp³-hybridized carbons (Fsp3) is 0.316. The van der Waals surface area contributed by atoms with E-state index in [-0.39, 0.29) is 9.86 Å². The van der Waals surface area contributed by atoms with Crippen molar-refractivity contribution in [1.82, 2.24) is 0 Å². The smallest absolute Gasteiger partial charge is 0.165 e. The summed E-state index contributed by atoms with van der Waals surface area (Å²) in [6.07, 6.45) is 2.81. The molecule has 0 radical (unpaired) electrons. The summed E-state index contributed by atoms with van der Waals surface area (Å²) < 4.78 is -0.00741. The van der Waals surface area contributed by atoms with Crippen LogP contribution in [0.5, 0.6) is 0 Å². The van der Waals surface area contributed by atoms with Gasteiger partial charge in [-0.05, 0) is 29.9 Å². The molecule has 2 aromatic rings. The Morgan fingerprint density at radius 2 is 1.50 bits per heavy atom. The summed E-state index contributed by atoms with van der Waals surface area (Å²) in [7, 11) is 0. The van der Waals surface area contributed by atoms with Crippen LogP contribution in [0.3, 0.4) is 0 Å². The van der Waals surface area contributed by atoms with Crippen LogP contribution in [0.1, 0.15) is 28.8 Å². The zero-order chi connectivity index (χ0) is 15.3. The first-order valence-corrected chi connectivity index (χ1v) is 9.65. The fourth-order valence-corrected chi connectivity index (χ4v) is 6.10. The molecule has 0 unspecified atom stereocenters. The van der Waals surface area contributed by atoms with Crippen molar-refractivity contribution in [2.24, 2.45) is 0 Å². The molecule has 0 aliphatic carbocycles. The third kappa shape index (κ3) is 3.96. The Labute approximate surface area is 140 Å². The Morgan fingerprint density at radius 1 is 0.909 bits per heavy atom. The summed E-state index contributed by atoms with van der Waals surface area (Å²) >= 11 is 3.94. The van der Waals surface area contributed by atoms with Gasteiger partial charge in [-0.15, -0.1) is 23.5 Å². The minimum Gasteiger partial charge on any atom is -0.294 e. The van der Waals surface area contributed by atoms with Crippen LogP contribution >= 0.6 is 23.5 Å². The number of hydrogen-bond acceptors (Lipinski definition) is 3. The lowest BCUT2D eigenvalue weighted by Gasteiger charge is -2.36. The van der Waals surface area contributed by atoms with Gasteiger partial charge in [-0.1, -0.05) is 60.7 Å². The number of Topliss-reactive ketones (excluding diaryl/α,β-unsaturated/α-hetero) is 1. The zero-order valence-electron chi connectivity index (χ0n) is 12.5. The first-order valence-electron chi connectivity index (χ1n) is 7.68. The van der Waals surface area contributed by atoms with Crippen LogP contribution in [-0.2, 0) is 6.42 Å². The SMILES string of the molecule is O=C(CC1(Cc2ccccc2)SCCCS1)c1ccccc1. The third-order valence-electron chi connectivity index (χ3n) is 3.86. The van der Waals surface area contributed by atoms with E-state index in [9.17, 15) is 4.79 Å². The minimum atomic E-state index is -0.00741. The molecule has 1 aliphatic heterocycles. The number of carbonyl (C=O) groups excluding carboxylic acids is 1. The number of rotatable bonds is 5. The molecule has 1 aliphatic rings. The molecule has 0 atom stereocenters. The van der Waals surface area contributed by atoms with Crippen LogP contribution < -0.4 is 0 Å². The number of ketones is 1. The zero-order valence-corrected chi connectivity index (χ0v) is 14.2. The highest BCUT2D eigenvalue weighted by atomic mass is 32.2. The topological polar surface area (TPSA) is 17.1 Å². The van der Waals surface area contributed by atoms with Crippen molar-refractivity contribution in [1.29, 1.82) is 0 Å². The van der Waals surface area contributed by atoms with Crippen molar-refractivity contribution < 1.29 is 4.79 Å². The predicted octanol–water partition coefficient (Wildman–Crippen LogP) is 5.07. The van der Waals surface area contributed by atoms with E-state index in [0.29, 0.717) is 6.42 Å². The van der Waals surface area contributed by atoms with E-state index in [1.54, 1.807) is 0 Å². The summed E-state index contributed by atoms with van der Waals surface area (Å²) in [6.45, 7) is 0. The van der Waals surface area contributed by atoms with Gasteiger partial charge in [0.25, 0.3) is 0 Å². The van der Waals surface area contributed by atoms with Crippen molar-refractivity contribution in [2.45, 2.75) is 23.3 Å². The molecule has 1 fully saturated rings. The van der Waals surface area contributed by atoms with E-state index in [1.165, 1.54) is 12.0 Å². The van der Waals surface area contributed by atoms with Gasteiger partial charge in [0.15, 0.2) is 5.78 Å². The van der Waals surface area contributed by atoms with Crippen LogP contribution in [0.15, 0.2) is 60.7 Å². The van der Waals surface area contributed by atoms with E-state index in [2.05, 4.69) is 24.3 Å². The highest BCUT2D eigenvalue weighted by molar-refractivity contribution is 8.18. The van der Waals surface area contributed by atoms with E-state index in [4.69, 9.17) is 0 Å². The molecule has 1 saturated heterocycles. The van der Waals surface area contributed by atoms with Gasteiger partial charge < -0.3 is 0 Å². The van der Waals surface area contributed by atoms with Crippen molar-refractivity contribution in [2.75, 3.05) is 11.5 Å². The lowest BCUT2D eigenvalue weighted by atomic mass is 10.0. The van der Waals surface area contributed by atoms with Gasteiger partial charge in [-0.25, -0.2) is 0 Å². The molecule has 0 aromatic heterocycles. The van der Waals surface area contributed by atoms with E-state index in [0.717, 1.165) is 23.5 Å². The number of hydrogen-bond donors (Lipinski definition) is 0. The van der Waals surface area contributed by atoms with Gasteiger partial charge in [0, 0.05) is 12.0 Å². The fourth-order valence-electron chi connectivity index (χ4n) is 2.76. The quantitative estimate of drug-likeness (QED) is 0.713. The van der Waals surface area contributed by atoms with Gasteiger partial charge in [0.1, 0.15) is 0 Å². The Morgan fingerprint density at radius 3 is 2.14 bits per heavy atom. The van der Waals surface area contributed by atoms with Crippen LogP contribution in [-0.4, -0.2) is 21.4 Å². The second-order valence-corrected chi connectivity index (χ2v) is 8.80. The molecular weight excluding hydrogens is 308 g/mol. The highest BCUT2D eigenvalue weighted by Crippen LogP contribution is 2.47. The summed E-state index contributed by atoms with van der Waals surface area (Å²) in [6, 6.07) is 20.3. The largest absolute Gasteiger partial charge is 0.294 e. The predicted molar refractivity (Wildman–Crippen MR) is 97.8 cm³/mol. The molecule has 3 heteroatoms. The molecular formula is C19H20OS2. The average molecular weight is 329 g/mol. The second kappa shape index (κ2) is 7.38. The van der Waals surface area contributed by atoms with Crippen molar-refractivity contribution in [3.05, 3.63) is 71.8 Å². The first kappa shape index (κ1) is 15.7. The molecule has 1 nitrogen and oxygen atoms in total. The number of thioether (sulfide) groups is 2. The van der Waals surface area contributed by atoms with Gasteiger partial charge in [-0.2, -0.15) is 0 Å². The third-order valence-corrected chi connectivity index (χ3v) is 7.18. The summed E-state index contributed by atoms with van der Waals surface area (Å²) in [5.74, 6) is 2.57. The number of benzene rings is 2. The molecule has 2 aromatic carbocycles. The lowest BCUT2D eigenvalue weighted by molar-refractivity contribution is 0.0979. The van der Waals surface area contributed by atoms with Crippen LogP contribution in [0.25, 0.3) is 0 Å². The van der Waals surface area contributed by atoms with Crippen molar-refractivity contribution >= 4 is 29.3 Å². The Balaban J connectivity index is 1.79. The normalized spacial score (nSPS) is 17.1. The molecule has 114 valence electrons. The van der Waals surface area contributed by atoms with Crippen molar-refractivity contribution in [3.63, 3.8) is 0 Å². The lowest BCUT2D eigenvalue weighted by Crippen LogP contribution is -2.31. The van der Waals surface area contributed by atoms with Crippen molar-refractivity contribution in [3.8, 4) is 0 Å². The summed E-state index contributed by atoms with van der Waals surface area (Å²) in [5.41, 5.74) is 2.16.